The zero-order valence-corrected chi connectivity index (χ0v) is 18.5. The molecule has 0 radical (unpaired) electrons. The average Bonchev–Trinajstić information content (AvgIpc) is 3.08. The second-order valence-electron chi connectivity index (χ2n) is 7.77. The standard InChI is InChI=1S/C22H29N5OS/c1-5-18-23-19-20(26(18)3)24-22(25-21(19)27-12-6-7-15(2)13-27)29-14-16-8-10-17(28-4)11-9-16/h8-11,15H,5-7,12-14H2,1-4H3/t15-/m0/s1. The molecule has 4 rings (SSSR count). The van der Waals surface area contributed by atoms with Crippen molar-refractivity contribution >= 4 is 28.7 Å². The lowest BCUT2D eigenvalue weighted by atomic mass is 10.0. The fraction of sp³-hybridized carbons (Fsp3) is 0.500. The first-order valence-electron chi connectivity index (χ1n) is 10.3. The number of aromatic nitrogens is 4. The van der Waals surface area contributed by atoms with Crippen molar-refractivity contribution in [2.75, 3.05) is 25.1 Å². The number of anilines is 1. The number of methoxy groups -OCH3 is 1. The number of benzene rings is 1. The van der Waals surface area contributed by atoms with Crippen LogP contribution in [-0.2, 0) is 19.2 Å². The zero-order chi connectivity index (χ0) is 20.4. The molecule has 0 bridgehead atoms. The van der Waals surface area contributed by atoms with E-state index in [4.69, 9.17) is 19.7 Å². The average molecular weight is 412 g/mol. The van der Waals surface area contributed by atoms with E-state index in [1.807, 2.05) is 12.1 Å². The predicted molar refractivity (Wildman–Crippen MR) is 119 cm³/mol. The van der Waals surface area contributed by atoms with Gasteiger partial charge >= 0.3 is 0 Å². The zero-order valence-electron chi connectivity index (χ0n) is 17.7. The molecule has 0 amide bonds. The van der Waals surface area contributed by atoms with Crippen LogP contribution in [-0.4, -0.2) is 39.7 Å². The Bertz CT molecular complexity index is 985. The Kier molecular flexibility index (Phi) is 5.94. The molecule has 1 saturated heterocycles. The summed E-state index contributed by atoms with van der Waals surface area (Å²) in [6, 6.07) is 8.18. The molecule has 1 atom stereocenters. The molecule has 7 heteroatoms. The Morgan fingerprint density at radius 1 is 1.17 bits per heavy atom. The second-order valence-corrected chi connectivity index (χ2v) is 8.72. The molecule has 6 nitrogen and oxygen atoms in total. The van der Waals surface area contributed by atoms with Crippen LogP contribution in [0.15, 0.2) is 29.4 Å². The third-order valence-electron chi connectivity index (χ3n) is 5.57. The van der Waals surface area contributed by atoms with Crippen LogP contribution in [0.1, 0.15) is 38.1 Å². The molecular weight excluding hydrogens is 382 g/mol. The number of imidazole rings is 1. The van der Waals surface area contributed by atoms with E-state index < -0.39 is 0 Å². The molecular formula is C22H29N5OS. The first-order chi connectivity index (χ1) is 14.1. The molecule has 0 spiro atoms. The van der Waals surface area contributed by atoms with Crippen molar-refractivity contribution in [3.63, 3.8) is 0 Å². The van der Waals surface area contributed by atoms with Gasteiger partial charge in [0.25, 0.3) is 0 Å². The summed E-state index contributed by atoms with van der Waals surface area (Å²) < 4.78 is 7.37. The van der Waals surface area contributed by atoms with E-state index in [9.17, 15) is 0 Å². The van der Waals surface area contributed by atoms with Crippen LogP contribution in [0.25, 0.3) is 11.2 Å². The summed E-state index contributed by atoms with van der Waals surface area (Å²) in [7, 11) is 3.75. The van der Waals surface area contributed by atoms with Crippen LogP contribution < -0.4 is 9.64 Å². The van der Waals surface area contributed by atoms with Gasteiger partial charge in [0.1, 0.15) is 11.6 Å². The van der Waals surface area contributed by atoms with Gasteiger partial charge in [-0.1, -0.05) is 37.7 Å². The van der Waals surface area contributed by atoms with Crippen molar-refractivity contribution in [3.05, 3.63) is 35.7 Å². The van der Waals surface area contributed by atoms with Gasteiger partial charge in [-0.05, 0) is 36.5 Å². The fourth-order valence-corrected chi connectivity index (χ4v) is 4.72. The van der Waals surface area contributed by atoms with Gasteiger partial charge in [0.05, 0.1) is 7.11 Å². The lowest BCUT2D eigenvalue weighted by Gasteiger charge is -2.32. The summed E-state index contributed by atoms with van der Waals surface area (Å²) in [5, 5.41) is 0.812. The van der Waals surface area contributed by atoms with E-state index in [0.29, 0.717) is 5.92 Å². The van der Waals surface area contributed by atoms with Gasteiger partial charge in [0.2, 0.25) is 0 Å². The van der Waals surface area contributed by atoms with E-state index in [2.05, 4.69) is 42.5 Å². The van der Waals surface area contributed by atoms with E-state index in [0.717, 1.165) is 59.0 Å². The number of piperidine rings is 1. The number of fused-ring (bicyclic) bond motifs is 1. The molecule has 0 saturated carbocycles. The van der Waals surface area contributed by atoms with Crippen molar-refractivity contribution in [1.29, 1.82) is 0 Å². The van der Waals surface area contributed by atoms with Crippen LogP contribution >= 0.6 is 11.8 Å². The molecule has 3 aromatic rings. The third kappa shape index (κ3) is 4.20. The maximum absolute atomic E-state index is 5.25. The van der Waals surface area contributed by atoms with Gasteiger partial charge in [-0.3, -0.25) is 0 Å². The minimum absolute atomic E-state index is 0.679. The molecule has 2 aromatic heterocycles. The summed E-state index contributed by atoms with van der Waals surface area (Å²) in [6.07, 6.45) is 3.37. The Hall–Kier alpha value is -2.28. The normalized spacial score (nSPS) is 17.1. The molecule has 0 unspecified atom stereocenters. The summed E-state index contributed by atoms with van der Waals surface area (Å²) in [6.45, 7) is 6.53. The summed E-state index contributed by atoms with van der Waals surface area (Å²) >= 11 is 1.68. The maximum atomic E-state index is 5.25. The van der Waals surface area contributed by atoms with Crippen molar-refractivity contribution in [1.82, 2.24) is 19.5 Å². The number of aryl methyl sites for hydroxylation is 2. The molecule has 1 aliphatic rings. The minimum Gasteiger partial charge on any atom is -0.497 e. The first kappa shape index (κ1) is 20.0. The molecule has 1 aliphatic heterocycles. The number of ether oxygens (including phenoxy) is 1. The topological polar surface area (TPSA) is 56.1 Å². The van der Waals surface area contributed by atoms with Crippen molar-refractivity contribution < 1.29 is 4.74 Å². The van der Waals surface area contributed by atoms with Crippen LogP contribution in [0.4, 0.5) is 5.82 Å². The maximum Gasteiger partial charge on any atom is 0.191 e. The largest absolute Gasteiger partial charge is 0.497 e. The van der Waals surface area contributed by atoms with Gasteiger partial charge in [0.15, 0.2) is 22.1 Å². The lowest BCUT2D eigenvalue weighted by molar-refractivity contribution is 0.414. The fourth-order valence-electron chi connectivity index (χ4n) is 3.92. The number of nitrogens with zero attached hydrogens (tertiary/aromatic N) is 5. The first-order valence-corrected chi connectivity index (χ1v) is 11.3. The Morgan fingerprint density at radius 2 is 1.97 bits per heavy atom. The van der Waals surface area contributed by atoms with E-state index in [1.54, 1.807) is 18.9 Å². The summed E-state index contributed by atoms with van der Waals surface area (Å²) in [5.41, 5.74) is 3.10. The monoisotopic (exact) mass is 411 g/mol. The third-order valence-corrected chi connectivity index (χ3v) is 6.49. The molecule has 3 heterocycles. The van der Waals surface area contributed by atoms with E-state index >= 15 is 0 Å². The smallest absolute Gasteiger partial charge is 0.191 e. The highest BCUT2D eigenvalue weighted by molar-refractivity contribution is 7.98. The highest BCUT2D eigenvalue weighted by Crippen LogP contribution is 2.31. The summed E-state index contributed by atoms with van der Waals surface area (Å²) in [5.74, 6) is 4.43. The Balaban J connectivity index is 1.66. The molecule has 154 valence electrons. The number of rotatable bonds is 6. The van der Waals surface area contributed by atoms with Crippen LogP contribution in [0.5, 0.6) is 5.75 Å². The minimum atomic E-state index is 0.679. The van der Waals surface area contributed by atoms with Gasteiger partial charge < -0.3 is 14.2 Å². The van der Waals surface area contributed by atoms with Gasteiger partial charge in [-0.2, -0.15) is 0 Å². The Morgan fingerprint density at radius 3 is 2.66 bits per heavy atom. The van der Waals surface area contributed by atoms with Crippen molar-refractivity contribution in [3.8, 4) is 5.75 Å². The highest BCUT2D eigenvalue weighted by atomic mass is 32.2. The molecule has 29 heavy (non-hydrogen) atoms. The van der Waals surface area contributed by atoms with Crippen LogP contribution in [0.3, 0.4) is 0 Å². The van der Waals surface area contributed by atoms with Gasteiger partial charge in [-0.25, -0.2) is 15.0 Å². The number of thioether (sulfide) groups is 1. The van der Waals surface area contributed by atoms with Crippen LogP contribution in [0, 0.1) is 5.92 Å². The lowest BCUT2D eigenvalue weighted by Crippen LogP contribution is -2.35. The van der Waals surface area contributed by atoms with E-state index in [1.165, 1.54) is 18.4 Å². The van der Waals surface area contributed by atoms with Crippen molar-refractivity contribution in [2.24, 2.45) is 13.0 Å². The number of hydrogen-bond donors (Lipinski definition) is 0. The van der Waals surface area contributed by atoms with E-state index in [-0.39, 0.29) is 0 Å². The van der Waals surface area contributed by atoms with Gasteiger partial charge in [-0.15, -0.1) is 0 Å². The van der Waals surface area contributed by atoms with Crippen molar-refractivity contribution in [2.45, 2.75) is 44.0 Å². The Labute approximate surface area is 176 Å². The van der Waals surface area contributed by atoms with Gasteiger partial charge in [0, 0.05) is 32.3 Å². The molecule has 0 N–H and O–H groups in total. The second kappa shape index (κ2) is 8.61. The summed E-state index contributed by atoms with van der Waals surface area (Å²) in [4.78, 5) is 17.1. The molecule has 1 aromatic carbocycles. The predicted octanol–water partition coefficient (Wildman–Crippen LogP) is 4.46. The molecule has 1 fully saturated rings. The number of hydrogen-bond acceptors (Lipinski definition) is 6. The highest BCUT2D eigenvalue weighted by Gasteiger charge is 2.23. The quantitative estimate of drug-likeness (QED) is 0.441. The SMILES string of the molecule is CCc1nc2c(N3CCC[C@H](C)C3)nc(SCc3ccc(OC)cc3)nc2n1C. The molecule has 0 aliphatic carbocycles. The van der Waals surface area contributed by atoms with Crippen LogP contribution in [0.2, 0.25) is 0 Å².